The minimum absolute atomic E-state index is 0.170. The molecule has 3 heterocycles. The third kappa shape index (κ3) is 5.38. The molecular weight excluding hydrogens is 440 g/mol. The number of pyridine rings is 1. The summed E-state index contributed by atoms with van der Waals surface area (Å²) in [5.74, 6) is 1.24. The van der Waals surface area contributed by atoms with Crippen LogP contribution in [0.1, 0.15) is 24.2 Å². The number of hydrogen-bond acceptors (Lipinski definition) is 7. The van der Waals surface area contributed by atoms with Gasteiger partial charge in [-0.1, -0.05) is 18.2 Å². The highest BCUT2D eigenvalue weighted by atomic mass is 16.5. The van der Waals surface area contributed by atoms with Crippen molar-refractivity contribution in [1.82, 2.24) is 15.0 Å². The normalized spacial score (nSPS) is 13.7. The van der Waals surface area contributed by atoms with Crippen molar-refractivity contribution in [3.05, 3.63) is 72.6 Å². The molecule has 0 unspecified atom stereocenters. The molecule has 0 radical (unpaired) electrons. The lowest BCUT2D eigenvalue weighted by atomic mass is 10.0. The summed E-state index contributed by atoms with van der Waals surface area (Å²) < 4.78 is 5.41. The number of carbonyl (C=O) groups excluding carboxylic acids is 1. The van der Waals surface area contributed by atoms with Gasteiger partial charge in [-0.2, -0.15) is 0 Å². The van der Waals surface area contributed by atoms with Gasteiger partial charge in [0.15, 0.2) is 0 Å². The van der Waals surface area contributed by atoms with Crippen LogP contribution in [-0.2, 0) is 4.74 Å². The molecule has 8 nitrogen and oxygen atoms in total. The lowest BCUT2D eigenvalue weighted by molar-refractivity contribution is 0.102. The van der Waals surface area contributed by atoms with Crippen LogP contribution >= 0.6 is 0 Å². The number of carbonyl (C=O) groups is 1. The number of morpholine rings is 1. The number of fused-ring (bicyclic) bond motifs is 1. The van der Waals surface area contributed by atoms with Crippen LogP contribution in [0, 0.1) is 0 Å². The zero-order chi connectivity index (χ0) is 24.2. The van der Waals surface area contributed by atoms with Gasteiger partial charge in [0.25, 0.3) is 5.91 Å². The Bertz CT molecular complexity index is 1350. The largest absolute Gasteiger partial charge is 0.378 e. The summed E-state index contributed by atoms with van der Waals surface area (Å²) in [7, 11) is 0. The van der Waals surface area contributed by atoms with Gasteiger partial charge in [0.2, 0.25) is 5.95 Å². The number of anilines is 3. The van der Waals surface area contributed by atoms with E-state index in [9.17, 15) is 4.79 Å². The van der Waals surface area contributed by atoms with Crippen LogP contribution in [0.15, 0.2) is 67.0 Å². The summed E-state index contributed by atoms with van der Waals surface area (Å²) in [6.07, 6.45) is 3.51. The first-order valence-electron chi connectivity index (χ1n) is 11.8. The molecule has 2 aromatic carbocycles. The molecule has 0 atom stereocenters. The Morgan fingerprint density at radius 2 is 1.83 bits per heavy atom. The first-order valence-corrected chi connectivity index (χ1v) is 11.8. The first kappa shape index (κ1) is 22.7. The van der Waals surface area contributed by atoms with Crippen LogP contribution in [0.25, 0.3) is 22.0 Å². The molecule has 1 fully saturated rings. The average Bonchev–Trinajstić information content (AvgIpc) is 2.89. The van der Waals surface area contributed by atoms with E-state index in [2.05, 4.69) is 50.4 Å². The molecule has 35 heavy (non-hydrogen) atoms. The van der Waals surface area contributed by atoms with Crippen LogP contribution < -0.4 is 15.5 Å². The fraction of sp³-hybridized carbons (Fsp3) is 0.259. The van der Waals surface area contributed by atoms with Gasteiger partial charge in [0.1, 0.15) is 5.82 Å². The fourth-order valence-electron chi connectivity index (χ4n) is 4.05. The smallest absolute Gasteiger partial charge is 0.255 e. The zero-order valence-corrected chi connectivity index (χ0v) is 19.9. The lowest BCUT2D eigenvalue weighted by Gasteiger charge is -2.27. The van der Waals surface area contributed by atoms with Gasteiger partial charge in [-0.05, 0) is 61.4 Å². The topological polar surface area (TPSA) is 92.3 Å². The standard InChI is InChI=1S/C27H28N6O2/c1-18(2)30-27-29-17-22-14-20(6-7-24(22)32-27)19-4-3-5-23(15-19)31-26(34)21-8-9-28-25(16-21)33-10-12-35-13-11-33/h3-9,14-18H,10-13H2,1-2H3,(H,31,34)(H,29,30,32). The summed E-state index contributed by atoms with van der Waals surface area (Å²) in [4.78, 5) is 28.5. The molecule has 1 saturated heterocycles. The number of rotatable bonds is 6. The molecule has 0 spiro atoms. The minimum atomic E-state index is -0.170. The van der Waals surface area contributed by atoms with E-state index in [1.807, 2.05) is 48.7 Å². The van der Waals surface area contributed by atoms with E-state index in [0.29, 0.717) is 24.7 Å². The van der Waals surface area contributed by atoms with Crippen molar-refractivity contribution in [3.8, 4) is 11.1 Å². The molecule has 1 aliphatic rings. The quantitative estimate of drug-likeness (QED) is 0.427. The Morgan fingerprint density at radius 1 is 1.00 bits per heavy atom. The molecular formula is C27H28N6O2. The number of nitrogens with zero attached hydrogens (tertiary/aromatic N) is 4. The maximum Gasteiger partial charge on any atom is 0.255 e. The number of ether oxygens (including phenoxy) is 1. The highest BCUT2D eigenvalue weighted by Crippen LogP contribution is 2.26. The molecule has 2 N–H and O–H groups in total. The van der Waals surface area contributed by atoms with Crippen molar-refractivity contribution in [1.29, 1.82) is 0 Å². The van der Waals surface area contributed by atoms with Gasteiger partial charge in [-0.3, -0.25) is 4.79 Å². The Balaban J connectivity index is 1.33. The predicted octanol–water partition coefficient (Wildman–Crippen LogP) is 4.60. The number of benzene rings is 2. The van der Waals surface area contributed by atoms with E-state index in [4.69, 9.17) is 4.74 Å². The van der Waals surface area contributed by atoms with Crippen LogP contribution in [0.3, 0.4) is 0 Å². The Labute approximate surface area is 204 Å². The number of hydrogen-bond donors (Lipinski definition) is 2. The van der Waals surface area contributed by atoms with Crippen molar-refractivity contribution in [2.45, 2.75) is 19.9 Å². The summed E-state index contributed by atoms with van der Waals surface area (Å²) in [5.41, 5.74) is 4.20. The molecule has 178 valence electrons. The second-order valence-corrected chi connectivity index (χ2v) is 8.80. The minimum Gasteiger partial charge on any atom is -0.378 e. The fourth-order valence-corrected chi connectivity index (χ4v) is 4.05. The summed E-state index contributed by atoms with van der Waals surface area (Å²) in [6, 6.07) is 17.7. The Morgan fingerprint density at radius 3 is 2.66 bits per heavy atom. The summed E-state index contributed by atoms with van der Waals surface area (Å²) in [6.45, 7) is 6.99. The van der Waals surface area contributed by atoms with Crippen molar-refractivity contribution in [2.75, 3.05) is 41.8 Å². The lowest BCUT2D eigenvalue weighted by Crippen LogP contribution is -2.36. The molecule has 5 rings (SSSR count). The van der Waals surface area contributed by atoms with Crippen LogP contribution in [0.2, 0.25) is 0 Å². The molecule has 8 heteroatoms. The maximum absolute atomic E-state index is 13.0. The molecule has 1 aliphatic heterocycles. The third-order valence-corrected chi connectivity index (χ3v) is 5.79. The Hall–Kier alpha value is -4.04. The molecule has 0 saturated carbocycles. The summed E-state index contributed by atoms with van der Waals surface area (Å²) in [5, 5.41) is 7.21. The second-order valence-electron chi connectivity index (χ2n) is 8.80. The molecule has 1 amide bonds. The highest BCUT2D eigenvalue weighted by Gasteiger charge is 2.15. The van der Waals surface area contributed by atoms with E-state index in [1.54, 1.807) is 12.3 Å². The average molecular weight is 469 g/mol. The second kappa shape index (κ2) is 10.1. The number of nitrogens with one attached hydrogen (secondary N) is 2. The third-order valence-electron chi connectivity index (χ3n) is 5.79. The van der Waals surface area contributed by atoms with Crippen molar-refractivity contribution < 1.29 is 9.53 Å². The van der Waals surface area contributed by atoms with Crippen molar-refractivity contribution >= 4 is 34.3 Å². The predicted molar refractivity (Wildman–Crippen MR) is 139 cm³/mol. The first-order chi connectivity index (χ1) is 17.0. The number of aromatic nitrogens is 3. The number of amides is 1. The SMILES string of the molecule is CC(C)Nc1ncc2cc(-c3cccc(NC(=O)c4ccnc(N5CCOCC5)c4)c3)ccc2n1. The van der Waals surface area contributed by atoms with E-state index in [-0.39, 0.29) is 11.9 Å². The van der Waals surface area contributed by atoms with E-state index in [0.717, 1.165) is 46.6 Å². The zero-order valence-electron chi connectivity index (χ0n) is 19.9. The summed E-state index contributed by atoms with van der Waals surface area (Å²) >= 11 is 0. The van der Waals surface area contributed by atoms with Crippen LogP contribution in [0.4, 0.5) is 17.5 Å². The van der Waals surface area contributed by atoms with Crippen LogP contribution in [-0.4, -0.2) is 53.2 Å². The van der Waals surface area contributed by atoms with E-state index >= 15 is 0 Å². The molecule has 2 aromatic heterocycles. The Kier molecular flexibility index (Phi) is 6.54. The van der Waals surface area contributed by atoms with Gasteiger partial charge in [0.05, 0.1) is 18.7 Å². The van der Waals surface area contributed by atoms with E-state index in [1.165, 1.54) is 0 Å². The highest BCUT2D eigenvalue weighted by molar-refractivity contribution is 6.05. The van der Waals surface area contributed by atoms with E-state index < -0.39 is 0 Å². The maximum atomic E-state index is 13.0. The van der Waals surface area contributed by atoms with Gasteiger partial charge in [-0.25, -0.2) is 15.0 Å². The van der Waals surface area contributed by atoms with Gasteiger partial charge >= 0.3 is 0 Å². The van der Waals surface area contributed by atoms with Crippen LogP contribution in [0.5, 0.6) is 0 Å². The monoisotopic (exact) mass is 468 g/mol. The van der Waals surface area contributed by atoms with Crippen molar-refractivity contribution in [3.63, 3.8) is 0 Å². The van der Waals surface area contributed by atoms with Crippen molar-refractivity contribution in [2.24, 2.45) is 0 Å². The molecule has 0 bridgehead atoms. The molecule has 4 aromatic rings. The van der Waals surface area contributed by atoms with Gasteiger partial charge in [-0.15, -0.1) is 0 Å². The van der Waals surface area contributed by atoms with Gasteiger partial charge < -0.3 is 20.3 Å². The molecule has 0 aliphatic carbocycles. The van der Waals surface area contributed by atoms with Gasteiger partial charge in [0, 0.05) is 48.2 Å².